The van der Waals surface area contributed by atoms with Crippen LogP contribution in [0, 0.1) is 11.3 Å². The first-order valence-electron chi connectivity index (χ1n) is 7.84. The number of methoxy groups -OCH3 is 1. The minimum Gasteiger partial charge on any atom is -0.378 e. The summed E-state index contributed by atoms with van der Waals surface area (Å²) in [5, 5.41) is 4.68. The first-order chi connectivity index (χ1) is 9.91. The number of anilines is 1. The Labute approximate surface area is 132 Å². The molecule has 0 saturated carbocycles. The Bertz CT molecular complexity index is 456. The van der Waals surface area contributed by atoms with Crippen molar-refractivity contribution in [2.75, 3.05) is 31.6 Å². The Kier molecular flexibility index (Phi) is 5.63. The summed E-state index contributed by atoms with van der Waals surface area (Å²) in [4.78, 5) is 8.57. The van der Waals surface area contributed by atoms with E-state index < -0.39 is 0 Å². The van der Waals surface area contributed by atoms with Crippen LogP contribution in [0.15, 0.2) is 0 Å². The molecule has 0 atom stereocenters. The van der Waals surface area contributed by atoms with Gasteiger partial charge in [-0.15, -0.1) is 11.3 Å². The van der Waals surface area contributed by atoms with Crippen LogP contribution in [0.1, 0.15) is 44.7 Å². The van der Waals surface area contributed by atoms with E-state index in [4.69, 9.17) is 9.72 Å². The molecule has 0 unspecified atom stereocenters. The van der Waals surface area contributed by atoms with Crippen LogP contribution < -0.4 is 10.2 Å². The second-order valence-electron chi connectivity index (χ2n) is 7.16. The molecule has 120 valence electrons. The fourth-order valence-electron chi connectivity index (χ4n) is 2.64. The Balaban J connectivity index is 2.05. The van der Waals surface area contributed by atoms with E-state index in [1.807, 2.05) is 11.3 Å². The number of aromatic nitrogens is 1. The topological polar surface area (TPSA) is 37.4 Å². The van der Waals surface area contributed by atoms with Gasteiger partial charge in [-0.2, -0.15) is 0 Å². The van der Waals surface area contributed by atoms with Gasteiger partial charge in [-0.3, -0.25) is 0 Å². The van der Waals surface area contributed by atoms with Crippen molar-refractivity contribution >= 4 is 16.5 Å². The van der Waals surface area contributed by atoms with E-state index >= 15 is 0 Å². The smallest absolute Gasteiger partial charge is 0.185 e. The lowest BCUT2D eigenvalue weighted by molar-refractivity contribution is 0.181. The van der Waals surface area contributed by atoms with Gasteiger partial charge < -0.3 is 15.0 Å². The number of hydrogen-bond acceptors (Lipinski definition) is 5. The van der Waals surface area contributed by atoms with Crippen LogP contribution in [0.2, 0.25) is 0 Å². The van der Waals surface area contributed by atoms with Gasteiger partial charge in [0.15, 0.2) is 5.13 Å². The summed E-state index contributed by atoms with van der Waals surface area (Å²) < 4.78 is 5.31. The summed E-state index contributed by atoms with van der Waals surface area (Å²) in [5.41, 5.74) is 1.50. The highest BCUT2D eigenvalue weighted by atomic mass is 32.1. The first-order valence-corrected chi connectivity index (χ1v) is 8.66. The SMILES string of the molecule is COCc1nc(N2CCC(C)(C)C2)sc1CNCC(C)C. The van der Waals surface area contributed by atoms with Crippen molar-refractivity contribution in [1.29, 1.82) is 0 Å². The van der Waals surface area contributed by atoms with Crippen molar-refractivity contribution in [3.63, 3.8) is 0 Å². The van der Waals surface area contributed by atoms with Gasteiger partial charge in [0.25, 0.3) is 0 Å². The van der Waals surface area contributed by atoms with Gasteiger partial charge in [-0.25, -0.2) is 4.98 Å². The summed E-state index contributed by atoms with van der Waals surface area (Å²) in [5.74, 6) is 0.669. The molecule has 2 heterocycles. The van der Waals surface area contributed by atoms with Gasteiger partial charge in [0.05, 0.1) is 12.3 Å². The normalized spacial score (nSPS) is 17.9. The predicted molar refractivity (Wildman–Crippen MR) is 90.0 cm³/mol. The van der Waals surface area contributed by atoms with Gasteiger partial charge in [0.2, 0.25) is 0 Å². The number of thiazole rings is 1. The van der Waals surface area contributed by atoms with Gasteiger partial charge in [-0.1, -0.05) is 27.7 Å². The summed E-state index contributed by atoms with van der Waals surface area (Å²) in [6.45, 7) is 13.9. The molecule has 2 rings (SSSR count). The molecule has 1 aliphatic heterocycles. The average Bonchev–Trinajstić information content (AvgIpc) is 2.94. The van der Waals surface area contributed by atoms with Crippen LogP contribution in [0.25, 0.3) is 0 Å². The molecule has 0 aromatic carbocycles. The van der Waals surface area contributed by atoms with Crippen molar-refractivity contribution < 1.29 is 4.74 Å². The van der Waals surface area contributed by atoms with E-state index in [9.17, 15) is 0 Å². The highest BCUT2D eigenvalue weighted by Crippen LogP contribution is 2.35. The third kappa shape index (κ3) is 4.66. The maximum atomic E-state index is 5.31. The maximum absolute atomic E-state index is 5.31. The zero-order chi connectivity index (χ0) is 15.5. The molecule has 1 aromatic rings. The van der Waals surface area contributed by atoms with E-state index in [0.29, 0.717) is 17.9 Å². The molecule has 4 nitrogen and oxygen atoms in total. The molecule has 1 aliphatic rings. The summed E-state index contributed by atoms with van der Waals surface area (Å²) >= 11 is 1.82. The molecule has 0 radical (unpaired) electrons. The number of rotatable bonds is 7. The summed E-state index contributed by atoms with van der Waals surface area (Å²) in [7, 11) is 1.74. The molecule has 1 N–H and O–H groups in total. The third-order valence-corrected chi connectivity index (χ3v) is 4.99. The van der Waals surface area contributed by atoms with Crippen LogP contribution in [-0.4, -0.2) is 31.7 Å². The Morgan fingerprint density at radius 3 is 2.76 bits per heavy atom. The fraction of sp³-hybridized carbons (Fsp3) is 0.812. The Morgan fingerprint density at radius 2 is 2.19 bits per heavy atom. The van der Waals surface area contributed by atoms with Gasteiger partial charge in [0.1, 0.15) is 0 Å². The predicted octanol–water partition coefficient (Wildman–Crippen LogP) is 3.27. The molecular formula is C16H29N3OS. The van der Waals surface area contributed by atoms with E-state index in [1.165, 1.54) is 11.3 Å². The van der Waals surface area contributed by atoms with Crippen LogP contribution in [-0.2, 0) is 17.9 Å². The highest BCUT2D eigenvalue weighted by molar-refractivity contribution is 7.15. The zero-order valence-electron chi connectivity index (χ0n) is 14.0. The number of nitrogens with one attached hydrogen (secondary N) is 1. The van der Waals surface area contributed by atoms with Gasteiger partial charge in [-0.05, 0) is 24.3 Å². The standard InChI is InChI=1S/C16H29N3OS/c1-12(2)8-17-9-14-13(10-20-5)18-15(21-14)19-7-6-16(3,4)11-19/h12,17H,6-11H2,1-5H3. The lowest BCUT2D eigenvalue weighted by Crippen LogP contribution is -2.22. The quantitative estimate of drug-likeness (QED) is 0.838. The minimum absolute atomic E-state index is 0.406. The Hall–Kier alpha value is -0.650. The molecule has 21 heavy (non-hydrogen) atoms. The van der Waals surface area contributed by atoms with Crippen molar-refractivity contribution in [1.82, 2.24) is 10.3 Å². The van der Waals surface area contributed by atoms with E-state index in [-0.39, 0.29) is 0 Å². The van der Waals surface area contributed by atoms with Crippen LogP contribution >= 0.6 is 11.3 Å². The first kappa shape index (κ1) is 16.7. The van der Waals surface area contributed by atoms with Crippen molar-refractivity contribution in [3.05, 3.63) is 10.6 Å². The molecule has 5 heteroatoms. The largest absolute Gasteiger partial charge is 0.378 e. The summed E-state index contributed by atoms with van der Waals surface area (Å²) in [6, 6.07) is 0. The molecule has 1 fully saturated rings. The van der Waals surface area contributed by atoms with Crippen LogP contribution in [0.3, 0.4) is 0 Å². The molecular weight excluding hydrogens is 282 g/mol. The van der Waals surface area contributed by atoms with E-state index in [2.05, 4.69) is 37.9 Å². The molecule has 0 amide bonds. The second kappa shape index (κ2) is 7.07. The number of nitrogens with zero attached hydrogens (tertiary/aromatic N) is 2. The number of hydrogen-bond donors (Lipinski definition) is 1. The maximum Gasteiger partial charge on any atom is 0.185 e. The molecule has 0 spiro atoms. The van der Waals surface area contributed by atoms with Crippen molar-refractivity contribution in [3.8, 4) is 0 Å². The number of ether oxygens (including phenoxy) is 1. The van der Waals surface area contributed by atoms with Crippen molar-refractivity contribution in [2.24, 2.45) is 11.3 Å². The van der Waals surface area contributed by atoms with Crippen molar-refractivity contribution in [2.45, 2.75) is 47.3 Å². The lowest BCUT2D eigenvalue weighted by atomic mass is 9.93. The fourth-order valence-corrected chi connectivity index (χ4v) is 3.70. The third-order valence-electron chi connectivity index (χ3n) is 3.83. The van der Waals surface area contributed by atoms with E-state index in [1.54, 1.807) is 7.11 Å². The molecule has 0 bridgehead atoms. The molecule has 1 aromatic heterocycles. The Morgan fingerprint density at radius 1 is 1.43 bits per heavy atom. The van der Waals surface area contributed by atoms with Crippen LogP contribution in [0.4, 0.5) is 5.13 Å². The van der Waals surface area contributed by atoms with Gasteiger partial charge >= 0.3 is 0 Å². The molecule has 1 saturated heterocycles. The monoisotopic (exact) mass is 311 g/mol. The highest BCUT2D eigenvalue weighted by Gasteiger charge is 2.31. The second-order valence-corrected chi connectivity index (χ2v) is 8.22. The minimum atomic E-state index is 0.406. The average molecular weight is 311 g/mol. The summed E-state index contributed by atoms with van der Waals surface area (Å²) in [6.07, 6.45) is 1.24. The zero-order valence-corrected chi connectivity index (χ0v) is 14.8. The molecule has 0 aliphatic carbocycles. The van der Waals surface area contributed by atoms with Crippen LogP contribution in [0.5, 0.6) is 0 Å². The van der Waals surface area contributed by atoms with E-state index in [0.717, 1.165) is 37.0 Å². The lowest BCUT2D eigenvalue weighted by Gasteiger charge is -2.18. The van der Waals surface area contributed by atoms with Gasteiger partial charge in [0, 0.05) is 31.6 Å².